The number of hydrogen-bond donors (Lipinski definition) is 0. The average molecular weight is 447 g/mol. The zero-order valence-corrected chi connectivity index (χ0v) is 17.8. The van der Waals surface area contributed by atoms with E-state index in [9.17, 15) is 26.4 Å². The first-order valence-corrected chi connectivity index (χ1v) is 18.3. The second kappa shape index (κ2) is 7.01. The van der Waals surface area contributed by atoms with Gasteiger partial charge in [-0.15, -0.1) is 0 Å². The first-order valence-electron chi connectivity index (χ1n) is 6.93. The Labute approximate surface area is 144 Å². The van der Waals surface area contributed by atoms with Gasteiger partial charge in [0.05, 0.1) is 0 Å². The Balaban J connectivity index is 3.34. The third-order valence-corrected chi connectivity index (χ3v) is 18.3. The summed E-state index contributed by atoms with van der Waals surface area (Å²) in [5.41, 5.74) is -5.17. The van der Waals surface area contributed by atoms with E-state index in [-0.39, 0.29) is 5.78 Å². The van der Waals surface area contributed by atoms with Crippen molar-refractivity contribution in [3.8, 4) is 0 Å². The van der Waals surface area contributed by atoms with Crippen LogP contribution in [0.5, 0.6) is 0 Å². The Morgan fingerprint density at radius 2 is 1.54 bits per heavy atom. The van der Waals surface area contributed by atoms with Crippen molar-refractivity contribution in [1.82, 2.24) is 0 Å². The van der Waals surface area contributed by atoms with Crippen molar-refractivity contribution in [2.75, 3.05) is 12.5 Å². The number of hydrogen-bond acceptors (Lipinski definition) is 4. The summed E-state index contributed by atoms with van der Waals surface area (Å²) in [7, 11) is -8.60. The molecule has 0 amide bonds. The molecule has 1 aromatic carbocycles. The molecule has 0 fully saturated rings. The number of alkyl halides is 3. The normalized spacial score (nSPS) is 15.8. The molecule has 0 saturated carbocycles. The molecular formula is C14H21F3GeO4S2. The second-order valence-corrected chi connectivity index (χ2v) is 23.8. The fraction of sp³-hybridized carbons (Fsp3) is 0.500. The maximum atomic E-state index is 12.9. The van der Waals surface area contributed by atoms with Crippen molar-refractivity contribution in [2.45, 2.75) is 26.9 Å². The molecule has 0 N–H and O–H groups in total. The topological polar surface area (TPSA) is 60.4 Å². The summed E-state index contributed by atoms with van der Waals surface area (Å²) in [6, 6.07) is 8.15. The van der Waals surface area contributed by atoms with E-state index in [1.165, 1.54) is 12.5 Å². The summed E-state index contributed by atoms with van der Waals surface area (Å²) in [5.74, 6) is 5.19. The van der Waals surface area contributed by atoms with Crippen LogP contribution < -0.4 is 0 Å². The van der Waals surface area contributed by atoms with E-state index >= 15 is 0 Å². The Kier molecular flexibility index (Phi) is 6.28. The molecule has 138 valence electrons. The standard InChI is InChI=1S/C14H21F3GeO4S2/c1-18(2,3)13(12(19)11-9-7-6-8-10-11)23(4,5)22-24(20,21)14(15,16)17/h6-10,13H,1-5H3. The van der Waals surface area contributed by atoms with Gasteiger partial charge in [-0.3, -0.25) is 0 Å². The number of carbonyl (C=O) groups is 1. The van der Waals surface area contributed by atoms with Gasteiger partial charge in [0.25, 0.3) is 0 Å². The third kappa shape index (κ3) is 4.99. The molecule has 0 aliphatic carbocycles. The summed E-state index contributed by atoms with van der Waals surface area (Å²) in [4.78, 5) is 12.9. The van der Waals surface area contributed by atoms with Gasteiger partial charge in [0.2, 0.25) is 0 Å². The Morgan fingerprint density at radius 1 is 1.08 bits per heavy atom. The Morgan fingerprint density at radius 3 is 1.92 bits per heavy atom. The molecule has 1 rings (SSSR count). The minimum absolute atomic E-state index is 0.344. The number of benzene rings is 1. The molecule has 0 saturated heterocycles. The molecule has 0 heterocycles. The Hall–Kier alpha value is -0.517. The van der Waals surface area contributed by atoms with Crippen LogP contribution in [0.4, 0.5) is 13.2 Å². The van der Waals surface area contributed by atoms with Crippen LogP contribution in [0.3, 0.4) is 0 Å². The van der Waals surface area contributed by atoms with Crippen LogP contribution >= 0.6 is 10.3 Å². The van der Waals surface area contributed by atoms with E-state index in [2.05, 4.69) is 3.63 Å². The van der Waals surface area contributed by atoms with Gasteiger partial charge in [0.1, 0.15) is 0 Å². The van der Waals surface area contributed by atoms with Gasteiger partial charge >= 0.3 is 145 Å². The van der Waals surface area contributed by atoms with Crippen LogP contribution in [0.15, 0.2) is 30.3 Å². The zero-order chi connectivity index (χ0) is 19.0. The summed E-state index contributed by atoms with van der Waals surface area (Å²) in [5, 5.41) is 0. The van der Waals surface area contributed by atoms with Gasteiger partial charge in [-0.25, -0.2) is 0 Å². The van der Waals surface area contributed by atoms with E-state index in [0.717, 1.165) is 0 Å². The fourth-order valence-electron chi connectivity index (χ4n) is 2.57. The summed E-state index contributed by atoms with van der Waals surface area (Å²) in [6.07, 6.45) is 2.61. The molecule has 0 aliphatic rings. The monoisotopic (exact) mass is 448 g/mol. The number of halogens is 3. The molecule has 1 unspecified atom stereocenters. The molecule has 0 aliphatic heterocycles. The Bertz CT molecular complexity index is 695. The minimum atomic E-state index is -5.76. The molecular weight excluding hydrogens is 426 g/mol. The molecule has 0 spiro atoms. The van der Waals surface area contributed by atoms with E-state index < -0.39 is 43.3 Å². The fourth-order valence-corrected chi connectivity index (χ4v) is 20.8. The average Bonchev–Trinajstić information content (AvgIpc) is 2.34. The zero-order valence-electron chi connectivity index (χ0n) is 14.0. The quantitative estimate of drug-likeness (QED) is 0.377. The van der Waals surface area contributed by atoms with Gasteiger partial charge in [0.15, 0.2) is 0 Å². The molecule has 0 bridgehead atoms. The molecule has 24 heavy (non-hydrogen) atoms. The van der Waals surface area contributed by atoms with E-state index in [0.29, 0.717) is 5.56 Å². The predicted molar refractivity (Wildman–Crippen MR) is 93.4 cm³/mol. The first-order chi connectivity index (χ1) is 10.6. The van der Waals surface area contributed by atoms with Crippen LogP contribution in [-0.4, -0.2) is 49.6 Å². The maximum absolute atomic E-state index is 12.9. The number of ketones is 1. The number of Topliss-reactive ketones (excluding diaryl/α,β-unsaturated/α-hetero) is 1. The summed E-state index contributed by atoms with van der Waals surface area (Å²) < 4.78 is 64.6. The molecule has 1 atom stereocenters. The van der Waals surface area contributed by atoms with Crippen LogP contribution in [0.1, 0.15) is 10.4 Å². The van der Waals surface area contributed by atoms with Crippen molar-refractivity contribution in [3.63, 3.8) is 0 Å². The van der Waals surface area contributed by atoms with Gasteiger partial charge in [-0.2, -0.15) is 0 Å². The van der Waals surface area contributed by atoms with Crippen molar-refractivity contribution < 1.29 is 30.0 Å². The van der Waals surface area contributed by atoms with E-state index in [4.69, 9.17) is 0 Å². The molecule has 0 aromatic heterocycles. The SMILES string of the molecule is CS(C)(OS(=O)(=O)C(F)(F)F)[CH](C(=O)c1ccccc1)[Ge]([CH3])([CH3])[CH3]. The van der Waals surface area contributed by atoms with E-state index in [1.807, 2.05) is 17.3 Å². The summed E-state index contributed by atoms with van der Waals surface area (Å²) >= 11 is -2.96. The van der Waals surface area contributed by atoms with Crippen LogP contribution in [0.2, 0.25) is 17.3 Å². The number of rotatable bonds is 6. The van der Waals surface area contributed by atoms with Gasteiger partial charge in [-0.1, -0.05) is 0 Å². The van der Waals surface area contributed by atoms with Crippen LogP contribution in [0, 0.1) is 0 Å². The van der Waals surface area contributed by atoms with Crippen LogP contribution in [-0.2, 0) is 13.7 Å². The summed E-state index contributed by atoms with van der Waals surface area (Å²) in [6.45, 7) is 0. The van der Waals surface area contributed by atoms with Gasteiger partial charge in [0, 0.05) is 0 Å². The van der Waals surface area contributed by atoms with Crippen molar-refractivity contribution in [2.24, 2.45) is 0 Å². The van der Waals surface area contributed by atoms with Gasteiger partial charge < -0.3 is 0 Å². The van der Waals surface area contributed by atoms with Crippen molar-refractivity contribution in [3.05, 3.63) is 35.9 Å². The molecule has 0 radical (unpaired) electrons. The number of carbonyl (C=O) groups excluding carboxylic acids is 1. The molecule has 4 nitrogen and oxygen atoms in total. The van der Waals surface area contributed by atoms with Gasteiger partial charge in [-0.05, 0) is 0 Å². The van der Waals surface area contributed by atoms with Crippen molar-refractivity contribution in [1.29, 1.82) is 0 Å². The predicted octanol–water partition coefficient (Wildman–Crippen LogP) is 3.96. The third-order valence-electron chi connectivity index (χ3n) is 3.20. The molecule has 10 heteroatoms. The second-order valence-electron chi connectivity index (χ2n) is 6.75. The molecule has 1 aromatic rings. The van der Waals surface area contributed by atoms with Crippen molar-refractivity contribution >= 4 is 39.5 Å². The van der Waals surface area contributed by atoms with Crippen LogP contribution in [0.25, 0.3) is 0 Å². The first kappa shape index (κ1) is 21.5. The van der Waals surface area contributed by atoms with E-state index in [1.54, 1.807) is 30.3 Å².